The third kappa shape index (κ3) is 3.58. The number of nitrogens with zero attached hydrogens (tertiary/aromatic N) is 4. The van der Waals surface area contributed by atoms with Crippen molar-refractivity contribution in [2.75, 3.05) is 32.1 Å². The number of aliphatic hydroxyl groups excluding tert-OH is 1. The summed E-state index contributed by atoms with van der Waals surface area (Å²) in [5.74, 6) is 1.40. The first-order valence-corrected chi connectivity index (χ1v) is 8.55. The van der Waals surface area contributed by atoms with Crippen LogP contribution in [-0.2, 0) is 0 Å². The SMILES string of the molecule is CN(CCN(C)C1CCCC1)c1cc(C2CC(O)C2)ncn1. The number of hydrogen-bond acceptors (Lipinski definition) is 5. The maximum atomic E-state index is 9.45. The van der Waals surface area contributed by atoms with Gasteiger partial charge in [-0.1, -0.05) is 12.8 Å². The lowest BCUT2D eigenvalue weighted by atomic mass is 9.80. The minimum atomic E-state index is -0.138. The van der Waals surface area contributed by atoms with E-state index >= 15 is 0 Å². The molecule has 2 saturated carbocycles. The zero-order chi connectivity index (χ0) is 15.5. The molecule has 5 nitrogen and oxygen atoms in total. The van der Waals surface area contributed by atoms with Crippen LogP contribution in [0.15, 0.2) is 12.4 Å². The van der Waals surface area contributed by atoms with E-state index in [1.807, 2.05) is 0 Å². The van der Waals surface area contributed by atoms with E-state index in [2.05, 4.69) is 39.9 Å². The van der Waals surface area contributed by atoms with Gasteiger partial charge >= 0.3 is 0 Å². The lowest BCUT2D eigenvalue weighted by Gasteiger charge is -2.31. The first kappa shape index (κ1) is 15.7. The number of aliphatic hydroxyl groups is 1. The summed E-state index contributed by atoms with van der Waals surface area (Å²) in [6, 6.07) is 2.86. The Balaban J connectivity index is 1.53. The van der Waals surface area contributed by atoms with Crippen LogP contribution in [0.5, 0.6) is 0 Å². The maximum Gasteiger partial charge on any atom is 0.131 e. The van der Waals surface area contributed by atoms with E-state index in [0.717, 1.165) is 43.5 Å². The molecule has 0 radical (unpaired) electrons. The predicted octanol–water partition coefficient (Wildman–Crippen LogP) is 2.03. The fourth-order valence-corrected chi connectivity index (χ4v) is 3.57. The molecule has 1 heterocycles. The molecule has 0 spiro atoms. The summed E-state index contributed by atoms with van der Waals surface area (Å²) in [4.78, 5) is 13.5. The molecule has 2 aliphatic carbocycles. The molecule has 0 unspecified atom stereocenters. The highest BCUT2D eigenvalue weighted by Crippen LogP contribution is 2.36. The van der Waals surface area contributed by atoms with Gasteiger partial charge in [-0.15, -0.1) is 0 Å². The molecule has 122 valence electrons. The number of hydrogen-bond donors (Lipinski definition) is 1. The maximum absolute atomic E-state index is 9.45. The van der Waals surface area contributed by atoms with Crippen LogP contribution in [0.3, 0.4) is 0 Å². The van der Waals surface area contributed by atoms with Crippen LogP contribution in [0, 0.1) is 0 Å². The smallest absolute Gasteiger partial charge is 0.131 e. The van der Waals surface area contributed by atoms with Crippen molar-refractivity contribution in [3.05, 3.63) is 18.1 Å². The largest absolute Gasteiger partial charge is 0.393 e. The van der Waals surface area contributed by atoms with Gasteiger partial charge in [0.15, 0.2) is 0 Å². The van der Waals surface area contributed by atoms with E-state index < -0.39 is 0 Å². The van der Waals surface area contributed by atoms with Crippen LogP contribution < -0.4 is 4.90 Å². The Bertz CT molecular complexity index is 483. The molecule has 0 aliphatic heterocycles. The van der Waals surface area contributed by atoms with Gasteiger partial charge in [0.2, 0.25) is 0 Å². The highest BCUT2D eigenvalue weighted by molar-refractivity contribution is 5.39. The van der Waals surface area contributed by atoms with Crippen molar-refractivity contribution in [2.45, 2.75) is 56.6 Å². The Morgan fingerprint density at radius 2 is 1.86 bits per heavy atom. The highest BCUT2D eigenvalue weighted by Gasteiger charge is 2.30. The molecule has 1 aromatic heterocycles. The summed E-state index contributed by atoms with van der Waals surface area (Å²) < 4.78 is 0. The third-order valence-electron chi connectivity index (χ3n) is 5.33. The average molecular weight is 304 g/mol. The molecule has 0 saturated heterocycles. The summed E-state index contributed by atoms with van der Waals surface area (Å²) in [5, 5.41) is 9.45. The van der Waals surface area contributed by atoms with Crippen molar-refractivity contribution in [3.63, 3.8) is 0 Å². The Labute approximate surface area is 133 Å². The van der Waals surface area contributed by atoms with Crippen molar-refractivity contribution in [1.29, 1.82) is 0 Å². The van der Waals surface area contributed by atoms with E-state index in [-0.39, 0.29) is 6.10 Å². The van der Waals surface area contributed by atoms with E-state index in [0.29, 0.717) is 5.92 Å². The topological polar surface area (TPSA) is 52.5 Å². The molecular weight excluding hydrogens is 276 g/mol. The lowest BCUT2D eigenvalue weighted by molar-refractivity contribution is 0.0732. The van der Waals surface area contributed by atoms with Crippen LogP contribution in [0.25, 0.3) is 0 Å². The van der Waals surface area contributed by atoms with Crippen molar-refractivity contribution in [3.8, 4) is 0 Å². The van der Waals surface area contributed by atoms with Crippen LogP contribution >= 0.6 is 0 Å². The van der Waals surface area contributed by atoms with Crippen molar-refractivity contribution in [2.24, 2.45) is 0 Å². The summed E-state index contributed by atoms with van der Waals surface area (Å²) >= 11 is 0. The van der Waals surface area contributed by atoms with Crippen LogP contribution in [-0.4, -0.2) is 59.3 Å². The standard InChI is InChI=1S/C17H28N4O/c1-20(14-5-3-4-6-14)7-8-21(2)17-11-16(18-12-19-17)13-9-15(22)10-13/h11-15,22H,3-10H2,1-2H3. The number of anilines is 1. The lowest BCUT2D eigenvalue weighted by Crippen LogP contribution is -2.36. The molecule has 2 fully saturated rings. The Morgan fingerprint density at radius 3 is 2.55 bits per heavy atom. The number of likely N-dealkylation sites (N-methyl/N-ethyl adjacent to an activating group) is 2. The number of aromatic nitrogens is 2. The molecule has 0 bridgehead atoms. The molecule has 5 heteroatoms. The summed E-state index contributed by atoms with van der Waals surface area (Å²) in [7, 11) is 4.34. The van der Waals surface area contributed by atoms with Crippen molar-refractivity contribution in [1.82, 2.24) is 14.9 Å². The van der Waals surface area contributed by atoms with E-state index in [1.165, 1.54) is 25.7 Å². The molecule has 0 aromatic carbocycles. The van der Waals surface area contributed by atoms with Gasteiger partial charge in [-0.3, -0.25) is 0 Å². The van der Waals surface area contributed by atoms with Gasteiger partial charge in [0, 0.05) is 43.9 Å². The van der Waals surface area contributed by atoms with E-state index in [9.17, 15) is 5.11 Å². The molecule has 0 atom stereocenters. The molecule has 1 aromatic rings. The van der Waals surface area contributed by atoms with Gasteiger partial charge in [0.1, 0.15) is 12.1 Å². The fraction of sp³-hybridized carbons (Fsp3) is 0.765. The molecule has 0 amide bonds. The first-order valence-electron chi connectivity index (χ1n) is 8.55. The monoisotopic (exact) mass is 304 g/mol. The van der Waals surface area contributed by atoms with Gasteiger partial charge in [-0.25, -0.2) is 9.97 Å². The zero-order valence-corrected chi connectivity index (χ0v) is 13.8. The van der Waals surface area contributed by atoms with Gasteiger partial charge < -0.3 is 14.9 Å². The highest BCUT2D eigenvalue weighted by atomic mass is 16.3. The molecule has 2 aliphatic rings. The average Bonchev–Trinajstić information content (AvgIpc) is 3.03. The van der Waals surface area contributed by atoms with Crippen LogP contribution in [0.1, 0.15) is 50.1 Å². The second-order valence-electron chi connectivity index (χ2n) is 6.96. The van der Waals surface area contributed by atoms with Crippen LogP contribution in [0.2, 0.25) is 0 Å². The second-order valence-corrected chi connectivity index (χ2v) is 6.96. The summed E-state index contributed by atoms with van der Waals surface area (Å²) in [5.41, 5.74) is 1.08. The normalized spacial score (nSPS) is 25.5. The Kier molecular flexibility index (Phi) is 4.93. The molecule has 1 N–H and O–H groups in total. The zero-order valence-electron chi connectivity index (χ0n) is 13.8. The molecular formula is C17H28N4O. The Morgan fingerprint density at radius 1 is 1.14 bits per heavy atom. The molecule has 22 heavy (non-hydrogen) atoms. The van der Waals surface area contributed by atoms with Gasteiger partial charge in [-0.2, -0.15) is 0 Å². The summed E-state index contributed by atoms with van der Waals surface area (Å²) in [6.45, 7) is 2.05. The van der Waals surface area contributed by atoms with Crippen molar-refractivity contribution < 1.29 is 5.11 Å². The fourth-order valence-electron chi connectivity index (χ4n) is 3.57. The molecule has 3 rings (SSSR count). The van der Waals surface area contributed by atoms with Crippen molar-refractivity contribution >= 4 is 5.82 Å². The van der Waals surface area contributed by atoms with E-state index in [1.54, 1.807) is 6.33 Å². The van der Waals surface area contributed by atoms with Gasteiger partial charge in [0.05, 0.1) is 6.10 Å². The summed E-state index contributed by atoms with van der Waals surface area (Å²) in [6.07, 6.45) is 8.66. The third-order valence-corrected chi connectivity index (χ3v) is 5.33. The van der Waals surface area contributed by atoms with Gasteiger partial charge in [-0.05, 0) is 32.7 Å². The quantitative estimate of drug-likeness (QED) is 0.871. The Hall–Kier alpha value is -1.20. The van der Waals surface area contributed by atoms with E-state index in [4.69, 9.17) is 0 Å². The second kappa shape index (κ2) is 6.92. The number of rotatable bonds is 6. The predicted molar refractivity (Wildman–Crippen MR) is 88.2 cm³/mol. The van der Waals surface area contributed by atoms with Gasteiger partial charge in [0.25, 0.3) is 0 Å². The minimum Gasteiger partial charge on any atom is -0.393 e. The van der Waals surface area contributed by atoms with Crippen LogP contribution in [0.4, 0.5) is 5.82 Å². The minimum absolute atomic E-state index is 0.138. The first-order chi connectivity index (χ1) is 10.6.